The topological polar surface area (TPSA) is 65.1 Å². The number of H-pyrrole nitrogens is 1. The monoisotopic (exact) mass is 306 g/mol. The van der Waals surface area contributed by atoms with Crippen molar-refractivity contribution in [3.8, 4) is 0 Å². The number of rotatable bonds is 6. The van der Waals surface area contributed by atoms with Crippen molar-refractivity contribution in [2.24, 2.45) is 5.41 Å². The van der Waals surface area contributed by atoms with E-state index in [1.807, 2.05) is 13.8 Å². The van der Waals surface area contributed by atoms with Crippen molar-refractivity contribution in [2.45, 2.75) is 39.7 Å². The summed E-state index contributed by atoms with van der Waals surface area (Å²) in [4.78, 5) is 15.1. The van der Waals surface area contributed by atoms with Gasteiger partial charge in [-0.25, -0.2) is 4.39 Å². The molecule has 0 fully saturated rings. The van der Waals surface area contributed by atoms with Gasteiger partial charge in [0.15, 0.2) is 0 Å². The van der Waals surface area contributed by atoms with Gasteiger partial charge >= 0.3 is 0 Å². The number of aliphatic hydroxyl groups excluding tert-OH is 1. The van der Waals surface area contributed by atoms with Crippen molar-refractivity contribution in [1.29, 1.82) is 0 Å². The van der Waals surface area contributed by atoms with E-state index in [4.69, 9.17) is 0 Å². The number of fused-ring (bicyclic) bond motifs is 1. The normalized spacial score (nSPS) is 13.3. The Bertz CT molecular complexity index is 662. The van der Waals surface area contributed by atoms with Gasteiger partial charge in [-0.05, 0) is 42.5 Å². The van der Waals surface area contributed by atoms with Crippen molar-refractivity contribution in [3.63, 3.8) is 0 Å². The summed E-state index contributed by atoms with van der Waals surface area (Å²) >= 11 is 0. The van der Waals surface area contributed by atoms with Gasteiger partial charge in [-0.15, -0.1) is 0 Å². The Kier molecular flexibility index (Phi) is 4.86. The second kappa shape index (κ2) is 6.48. The molecule has 22 heavy (non-hydrogen) atoms. The minimum atomic E-state index is -0.400. The first kappa shape index (κ1) is 16.5. The van der Waals surface area contributed by atoms with Gasteiger partial charge in [0.05, 0.1) is 12.5 Å². The van der Waals surface area contributed by atoms with Crippen LogP contribution >= 0.6 is 0 Å². The Balaban J connectivity index is 1.98. The highest BCUT2D eigenvalue weighted by Crippen LogP contribution is 2.22. The Morgan fingerprint density at radius 3 is 2.86 bits per heavy atom. The van der Waals surface area contributed by atoms with Gasteiger partial charge in [-0.2, -0.15) is 0 Å². The highest BCUT2D eigenvalue weighted by atomic mass is 19.1. The summed E-state index contributed by atoms with van der Waals surface area (Å²) in [5.74, 6) is -0.421. The fourth-order valence-electron chi connectivity index (χ4n) is 2.74. The predicted octanol–water partition coefficient (Wildman–Crippen LogP) is 2.76. The van der Waals surface area contributed by atoms with E-state index in [1.165, 1.54) is 12.1 Å². The maximum atomic E-state index is 13.3. The molecule has 1 amide bonds. The largest absolute Gasteiger partial charge is 0.393 e. The van der Waals surface area contributed by atoms with E-state index in [2.05, 4.69) is 10.3 Å². The van der Waals surface area contributed by atoms with Crippen LogP contribution in [0.3, 0.4) is 0 Å². The SMILES string of the molecule is CC(O)CC(C)(C)CNC(=O)Cc1c[nH]c2ccc(F)cc12. The van der Waals surface area contributed by atoms with Gasteiger partial charge in [0, 0.05) is 23.6 Å². The molecule has 1 heterocycles. The second-order valence-corrected chi connectivity index (χ2v) is 6.67. The van der Waals surface area contributed by atoms with Crippen LogP contribution in [0.2, 0.25) is 0 Å². The molecule has 0 radical (unpaired) electrons. The Morgan fingerprint density at radius 2 is 2.18 bits per heavy atom. The standard InChI is InChI=1S/C17H23FN2O2/c1-11(21)8-17(2,3)10-20-16(22)6-12-9-19-15-5-4-13(18)7-14(12)15/h4-5,7,9,11,19,21H,6,8,10H2,1-3H3,(H,20,22). The third kappa shape index (κ3) is 4.31. The van der Waals surface area contributed by atoms with Crippen LogP contribution in [0, 0.1) is 11.2 Å². The molecular formula is C17H23FN2O2. The van der Waals surface area contributed by atoms with E-state index >= 15 is 0 Å². The van der Waals surface area contributed by atoms with Crippen LogP contribution in [0.1, 0.15) is 32.8 Å². The number of carbonyl (C=O) groups excluding carboxylic acids is 1. The second-order valence-electron chi connectivity index (χ2n) is 6.67. The number of nitrogens with one attached hydrogen (secondary N) is 2. The van der Waals surface area contributed by atoms with Gasteiger partial charge in [0.1, 0.15) is 5.82 Å². The number of hydrogen-bond donors (Lipinski definition) is 3. The zero-order valence-corrected chi connectivity index (χ0v) is 13.2. The van der Waals surface area contributed by atoms with Gasteiger partial charge in [0.2, 0.25) is 5.91 Å². The fourth-order valence-corrected chi connectivity index (χ4v) is 2.74. The molecule has 0 bridgehead atoms. The molecule has 0 aliphatic rings. The van der Waals surface area contributed by atoms with Crippen LogP contribution in [0.25, 0.3) is 10.9 Å². The highest BCUT2D eigenvalue weighted by Gasteiger charge is 2.21. The van der Waals surface area contributed by atoms with Gasteiger partial charge in [0.25, 0.3) is 0 Å². The fraction of sp³-hybridized carbons (Fsp3) is 0.471. The molecule has 3 N–H and O–H groups in total. The number of amides is 1. The van der Waals surface area contributed by atoms with Gasteiger partial charge < -0.3 is 15.4 Å². The van der Waals surface area contributed by atoms with E-state index in [9.17, 15) is 14.3 Å². The first-order chi connectivity index (χ1) is 10.3. The number of benzene rings is 1. The molecule has 0 saturated heterocycles. The molecular weight excluding hydrogens is 283 g/mol. The van der Waals surface area contributed by atoms with Gasteiger partial charge in [-0.3, -0.25) is 4.79 Å². The number of halogens is 1. The van der Waals surface area contributed by atoms with Crippen LogP contribution < -0.4 is 5.32 Å². The van der Waals surface area contributed by atoms with Crippen molar-refractivity contribution in [3.05, 3.63) is 35.8 Å². The quantitative estimate of drug-likeness (QED) is 0.768. The summed E-state index contributed by atoms with van der Waals surface area (Å²) < 4.78 is 13.3. The maximum absolute atomic E-state index is 13.3. The lowest BCUT2D eigenvalue weighted by atomic mass is 9.87. The molecule has 0 aliphatic heterocycles. The summed E-state index contributed by atoms with van der Waals surface area (Å²) in [5.41, 5.74) is 1.43. The van der Waals surface area contributed by atoms with E-state index in [0.717, 1.165) is 16.5 Å². The number of hydrogen-bond acceptors (Lipinski definition) is 2. The third-order valence-corrected chi connectivity index (χ3v) is 3.69. The molecule has 0 saturated carbocycles. The van der Waals surface area contributed by atoms with Crippen LogP contribution in [0.15, 0.2) is 24.4 Å². The van der Waals surface area contributed by atoms with Crippen LogP contribution in [0.4, 0.5) is 4.39 Å². The first-order valence-electron chi connectivity index (χ1n) is 7.47. The predicted molar refractivity (Wildman–Crippen MR) is 85.0 cm³/mol. The number of aromatic nitrogens is 1. The molecule has 2 rings (SSSR count). The average Bonchev–Trinajstić information content (AvgIpc) is 2.78. The van der Waals surface area contributed by atoms with Crippen LogP contribution in [-0.2, 0) is 11.2 Å². The zero-order chi connectivity index (χ0) is 16.3. The Morgan fingerprint density at radius 1 is 1.45 bits per heavy atom. The molecule has 1 unspecified atom stereocenters. The van der Waals surface area contributed by atoms with Gasteiger partial charge in [-0.1, -0.05) is 13.8 Å². The molecule has 4 nitrogen and oxygen atoms in total. The molecule has 2 aromatic rings. The Labute approximate surface area is 129 Å². The van der Waals surface area contributed by atoms with Crippen molar-refractivity contribution in [2.75, 3.05) is 6.54 Å². The summed E-state index contributed by atoms with van der Waals surface area (Å²) in [6.45, 7) is 6.24. The molecule has 1 aromatic heterocycles. The minimum Gasteiger partial charge on any atom is -0.393 e. The molecule has 120 valence electrons. The lowest BCUT2D eigenvalue weighted by Crippen LogP contribution is -2.36. The number of aromatic amines is 1. The summed E-state index contributed by atoms with van der Waals surface area (Å²) in [7, 11) is 0. The number of aliphatic hydroxyl groups is 1. The molecule has 1 aromatic carbocycles. The molecule has 0 aliphatic carbocycles. The molecule has 1 atom stereocenters. The van der Waals surface area contributed by atoms with Crippen molar-refractivity contribution >= 4 is 16.8 Å². The summed E-state index contributed by atoms with van der Waals surface area (Å²) in [5, 5.41) is 13.1. The Hall–Kier alpha value is -1.88. The molecule has 0 spiro atoms. The third-order valence-electron chi connectivity index (χ3n) is 3.69. The van der Waals surface area contributed by atoms with E-state index in [-0.39, 0.29) is 23.6 Å². The smallest absolute Gasteiger partial charge is 0.224 e. The minimum absolute atomic E-state index is 0.108. The average molecular weight is 306 g/mol. The van der Waals surface area contributed by atoms with E-state index < -0.39 is 6.10 Å². The van der Waals surface area contributed by atoms with Crippen molar-refractivity contribution < 1.29 is 14.3 Å². The first-order valence-corrected chi connectivity index (χ1v) is 7.47. The molecule has 5 heteroatoms. The zero-order valence-electron chi connectivity index (χ0n) is 13.2. The lowest BCUT2D eigenvalue weighted by molar-refractivity contribution is -0.121. The van der Waals surface area contributed by atoms with E-state index in [0.29, 0.717) is 13.0 Å². The highest BCUT2D eigenvalue weighted by molar-refractivity contribution is 5.88. The maximum Gasteiger partial charge on any atom is 0.224 e. The van der Waals surface area contributed by atoms with E-state index in [1.54, 1.807) is 19.2 Å². The lowest BCUT2D eigenvalue weighted by Gasteiger charge is -2.26. The van der Waals surface area contributed by atoms with Crippen LogP contribution in [-0.4, -0.2) is 28.6 Å². The van der Waals surface area contributed by atoms with Crippen LogP contribution in [0.5, 0.6) is 0 Å². The van der Waals surface area contributed by atoms with Crippen molar-refractivity contribution in [1.82, 2.24) is 10.3 Å². The summed E-state index contributed by atoms with van der Waals surface area (Å²) in [6.07, 6.45) is 2.16. The summed E-state index contributed by atoms with van der Waals surface area (Å²) in [6, 6.07) is 4.49. The number of carbonyl (C=O) groups is 1.